The standard InChI is InChI=1S/C20H18N2O2S2/c1-14-12-25-20(21-14)26-13-19(23)22-16-9-5-6-10-18(16)24-11-17(22)15-7-3-2-4-8-15/h2-10,12,17H,11,13H2,1H3. The van der Waals surface area contributed by atoms with Gasteiger partial charge in [-0.2, -0.15) is 0 Å². The number of carbonyl (C=O) groups is 1. The summed E-state index contributed by atoms with van der Waals surface area (Å²) in [7, 11) is 0. The summed E-state index contributed by atoms with van der Waals surface area (Å²) >= 11 is 3.07. The van der Waals surface area contributed by atoms with Gasteiger partial charge in [-0.25, -0.2) is 4.98 Å². The van der Waals surface area contributed by atoms with Gasteiger partial charge in [0.1, 0.15) is 12.4 Å². The summed E-state index contributed by atoms with van der Waals surface area (Å²) in [6, 6.07) is 17.6. The normalized spacial score (nSPS) is 16.0. The molecule has 0 saturated heterocycles. The highest BCUT2D eigenvalue weighted by Gasteiger charge is 2.33. The second kappa shape index (κ2) is 7.51. The lowest BCUT2D eigenvalue weighted by atomic mass is 10.0. The van der Waals surface area contributed by atoms with Gasteiger partial charge in [0, 0.05) is 11.1 Å². The Morgan fingerprint density at radius 1 is 1.23 bits per heavy atom. The Bertz CT molecular complexity index is 911. The number of hydrogen-bond donors (Lipinski definition) is 0. The monoisotopic (exact) mass is 382 g/mol. The molecule has 2 heterocycles. The number of fused-ring (bicyclic) bond motifs is 1. The molecule has 0 N–H and O–H groups in total. The van der Waals surface area contributed by atoms with Crippen LogP contribution in [0.5, 0.6) is 5.75 Å². The van der Waals surface area contributed by atoms with Crippen molar-refractivity contribution in [3.63, 3.8) is 0 Å². The minimum Gasteiger partial charge on any atom is -0.489 e. The number of rotatable bonds is 4. The molecule has 1 aliphatic heterocycles. The van der Waals surface area contributed by atoms with Crippen molar-refractivity contribution in [1.29, 1.82) is 0 Å². The molecule has 6 heteroatoms. The van der Waals surface area contributed by atoms with Crippen LogP contribution in [0.15, 0.2) is 64.3 Å². The maximum absolute atomic E-state index is 13.2. The van der Waals surface area contributed by atoms with E-state index >= 15 is 0 Å². The van der Waals surface area contributed by atoms with Crippen molar-refractivity contribution >= 4 is 34.7 Å². The number of ether oxygens (including phenoxy) is 1. The van der Waals surface area contributed by atoms with Gasteiger partial charge in [0.25, 0.3) is 0 Å². The van der Waals surface area contributed by atoms with E-state index in [-0.39, 0.29) is 11.9 Å². The van der Waals surface area contributed by atoms with Gasteiger partial charge >= 0.3 is 0 Å². The number of anilines is 1. The third-order valence-electron chi connectivity index (χ3n) is 4.20. The second-order valence-corrected chi connectivity index (χ2v) is 8.09. The van der Waals surface area contributed by atoms with Gasteiger partial charge in [-0.1, -0.05) is 54.2 Å². The summed E-state index contributed by atoms with van der Waals surface area (Å²) in [5, 5.41) is 2.00. The molecule has 0 saturated carbocycles. The van der Waals surface area contributed by atoms with Crippen LogP contribution in [0, 0.1) is 6.92 Å². The maximum atomic E-state index is 13.2. The van der Waals surface area contributed by atoms with E-state index in [0.29, 0.717) is 12.4 Å². The lowest BCUT2D eigenvalue weighted by Crippen LogP contribution is -2.42. The minimum absolute atomic E-state index is 0.0625. The number of thioether (sulfide) groups is 1. The molecule has 1 atom stereocenters. The van der Waals surface area contributed by atoms with E-state index in [1.54, 1.807) is 11.3 Å². The molecule has 0 fully saturated rings. The summed E-state index contributed by atoms with van der Waals surface area (Å²) in [5.74, 6) is 1.17. The number of aromatic nitrogens is 1. The Kier molecular flexibility index (Phi) is 4.95. The van der Waals surface area contributed by atoms with Crippen molar-refractivity contribution < 1.29 is 9.53 Å². The zero-order chi connectivity index (χ0) is 17.9. The Balaban J connectivity index is 1.62. The molecular weight excluding hydrogens is 364 g/mol. The molecule has 1 aliphatic rings. The lowest BCUT2D eigenvalue weighted by molar-refractivity contribution is -0.117. The molecule has 4 rings (SSSR count). The molecular formula is C20H18N2O2S2. The van der Waals surface area contributed by atoms with E-state index in [4.69, 9.17) is 4.74 Å². The Morgan fingerprint density at radius 3 is 2.77 bits per heavy atom. The van der Waals surface area contributed by atoms with E-state index in [1.807, 2.05) is 71.8 Å². The number of thiazole rings is 1. The first-order valence-corrected chi connectivity index (χ1v) is 10.2. The van der Waals surface area contributed by atoms with Crippen LogP contribution >= 0.6 is 23.1 Å². The van der Waals surface area contributed by atoms with Crippen LogP contribution in [-0.4, -0.2) is 23.3 Å². The molecule has 1 amide bonds. The van der Waals surface area contributed by atoms with Crippen LogP contribution in [0.2, 0.25) is 0 Å². The van der Waals surface area contributed by atoms with Crippen molar-refractivity contribution in [3.8, 4) is 5.75 Å². The Hall–Kier alpha value is -2.31. The van der Waals surface area contributed by atoms with Gasteiger partial charge in [0.05, 0.1) is 17.5 Å². The lowest BCUT2D eigenvalue weighted by Gasteiger charge is -2.37. The van der Waals surface area contributed by atoms with E-state index in [0.717, 1.165) is 27.0 Å². The molecule has 0 spiro atoms. The first-order chi connectivity index (χ1) is 12.7. The van der Waals surface area contributed by atoms with Crippen molar-refractivity contribution in [2.75, 3.05) is 17.3 Å². The highest BCUT2D eigenvalue weighted by Crippen LogP contribution is 2.39. The van der Waals surface area contributed by atoms with E-state index in [1.165, 1.54) is 11.8 Å². The summed E-state index contributed by atoms with van der Waals surface area (Å²) in [6.45, 7) is 2.42. The van der Waals surface area contributed by atoms with Gasteiger partial charge < -0.3 is 4.74 Å². The molecule has 4 nitrogen and oxygen atoms in total. The van der Waals surface area contributed by atoms with Crippen LogP contribution in [0.25, 0.3) is 0 Å². The van der Waals surface area contributed by atoms with Crippen molar-refractivity contribution in [2.45, 2.75) is 17.3 Å². The minimum atomic E-state index is -0.128. The predicted molar refractivity (Wildman–Crippen MR) is 106 cm³/mol. The average Bonchev–Trinajstić information content (AvgIpc) is 3.11. The van der Waals surface area contributed by atoms with E-state index in [2.05, 4.69) is 4.98 Å². The average molecular weight is 383 g/mol. The van der Waals surface area contributed by atoms with Gasteiger partial charge in [-0.15, -0.1) is 11.3 Å². The fraction of sp³-hybridized carbons (Fsp3) is 0.200. The van der Waals surface area contributed by atoms with Crippen LogP contribution in [0.3, 0.4) is 0 Å². The Labute approximate surface area is 160 Å². The number of amides is 1. The number of aryl methyl sites for hydroxylation is 1. The zero-order valence-electron chi connectivity index (χ0n) is 14.3. The fourth-order valence-electron chi connectivity index (χ4n) is 3.01. The van der Waals surface area contributed by atoms with Gasteiger partial charge in [0.2, 0.25) is 5.91 Å². The van der Waals surface area contributed by atoms with E-state index < -0.39 is 0 Å². The first kappa shape index (κ1) is 17.1. The molecule has 0 aliphatic carbocycles. The highest BCUT2D eigenvalue weighted by atomic mass is 32.2. The Morgan fingerprint density at radius 2 is 2.00 bits per heavy atom. The maximum Gasteiger partial charge on any atom is 0.238 e. The van der Waals surface area contributed by atoms with Crippen LogP contribution in [-0.2, 0) is 4.79 Å². The van der Waals surface area contributed by atoms with Crippen molar-refractivity contribution in [1.82, 2.24) is 4.98 Å². The molecule has 0 radical (unpaired) electrons. The molecule has 2 aromatic carbocycles. The molecule has 1 unspecified atom stereocenters. The molecule has 26 heavy (non-hydrogen) atoms. The largest absolute Gasteiger partial charge is 0.489 e. The topological polar surface area (TPSA) is 42.4 Å². The second-order valence-electron chi connectivity index (χ2n) is 6.01. The summed E-state index contributed by atoms with van der Waals surface area (Å²) < 4.78 is 6.85. The van der Waals surface area contributed by atoms with Gasteiger partial charge in [-0.3, -0.25) is 9.69 Å². The molecule has 0 bridgehead atoms. The van der Waals surface area contributed by atoms with E-state index in [9.17, 15) is 4.79 Å². The fourth-order valence-corrected chi connectivity index (χ4v) is 4.72. The SMILES string of the molecule is Cc1csc(SCC(=O)N2c3ccccc3OCC2c2ccccc2)n1. The van der Waals surface area contributed by atoms with Crippen LogP contribution < -0.4 is 9.64 Å². The quantitative estimate of drug-likeness (QED) is 0.613. The number of nitrogens with zero attached hydrogens (tertiary/aromatic N) is 2. The highest BCUT2D eigenvalue weighted by molar-refractivity contribution is 8.01. The first-order valence-electron chi connectivity index (χ1n) is 8.36. The summed E-state index contributed by atoms with van der Waals surface area (Å²) in [6.07, 6.45) is 0. The van der Waals surface area contributed by atoms with Crippen molar-refractivity contribution in [3.05, 3.63) is 71.2 Å². The van der Waals surface area contributed by atoms with Crippen LogP contribution in [0.4, 0.5) is 5.69 Å². The third-order valence-corrected chi connectivity index (χ3v) is 6.33. The van der Waals surface area contributed by atoms with Gasteiger partial charge in [-0.05, 0) is 24.6 Å². The predicted octanol–water partition coefficient (Wildman–Crippen LogP) is 4.71. The van der Waals surface area contributed by atoms with Gasteiger partial charge in [0.15, 0.2) is 4.34 Å². The number of para-hydroxylation sites is 2. The van der Waals surface area contributed by atoms with Crippen LogP contribution in [0.1, 0.15) is 17.3 Å². The van der Waals surface area contributed by atoms with Crippen molar-refractivity contribution in [2.24, 2.45) is 0 Å². The smallest absolute Gasteiger partial charge is 0.238 e. The number of benzene rings is 2. The zero-order valence-corrected chi connectivity index (χ0v) is 15.9. The third kappa shape index (κ3) is 3.48. The molecule has 1 aromatic heterocycles. The summed E-state index contributed by atoms with van der Waals surface area (Å²) in [5.41, 5.74) is 2.89. The molecule has 132 valence electrons. The molecule has 3 aromatic rings. The summed E-state index contributed by atoms with van der Waals surface area (Å²) in [4.78, 5) is 19.5. The number of carbonyl (C=O) groups excluding carboxylic acids is 1. The number of hydrogen-bond acceptors (Lipinski definition) is 5.